The lowest BCUT2D eigenvalue weighted by Gasteiger charge is -2.11. The number of phenolic OH excluding ortho intramolecular Hbond substituents is 1. The van der Waals surface area contributed by atoms with Crippen molar-refractivity contribution in [2.45, 2.75) is 20.3 Å². The van der Waals surface area contributed by atoms with E-state index in [0.29, 0.717) is 35.6 Å². The number of ether oxygens (including phenoxy) is 2. The molecule has 0 saturated heterocycles. The van der Waals surface area contributed by atoms with Crippen LogP contribution in [0.1, 0.15) is 18.9 Å². The van der Waals surface area contributed by atoms with Gasteiger partial charge in [0.15, 0.2) is 0 Å². The number of rotatable bonds is 6. The van der Waals surface area contributed by atoms with Gasteiger partial charge in [-0.05, 0) is 44.2 Å². The maximum absolute atomic E-state index is 11.1. The summed E-state index contributed by atoms with van der Waals surface area (Å²) in [6.45, 7) is 7.46. The number of esters is 1. The molecule has 3 rings (SSSR count). The van der Waals surface area contributed by atoms with Crippen LogP contribution in [-0.2, 0) is 9.53 Å². The molecule has 0 fully saturated rings. The Morgan fingerprint density at radius 2 is 1.93 bits per heavy atom. The number of nitrogen functional groups attached to an aromatic ring is 1. The van der Waals surface area contributed by atoms with E-state index >= 15 is 0 Å². The number of fused-ring (bicyclic) bond motifs is 1. The molecule has 0 aliphatic heterocycles. The standard InChI is InChI=1S/C14H19NO4.C6H5ClN2/c1-9(2)14(17)19-8-4-7-18-12-6-5-11(15)13(16)10(12)3;7-4-1-2-5-6(3-4)9-8-5/h5-6,16H,1,4,7-8,15H2,2-3H3;1-3,8-9H. The lowest BCUT2D eigenvalue weighted by atomic mass is 10.2. The van der Waals surface area contributed by atoms with Gasteiger partial charge in [0.05, 0.1) is 29.9 Å². The zero-order chi connectivity index (χ0) is 20.7. The first-order chi connectivity index (χ1) is 13.3. The number of anilines is 1. The molecule has 1 aromatic heterocycles. The highest BCUT2D eigenvalue weighted by molar-refractivity contribution is 6.31. The quantitative estimate of drug-likeness (QED) is 0.160. The van der Waals surface area contributed by atoms with Gasteiger partial charge in [-0.15, -0.1) is 0 Å². The van der Waals surface area contributed by atoms with Gasteiger partial charge >= 0.3 is 5.97 Å². The summed E-state index contributed by atoms with van der Waals surface area (Å²) in [6, 6.07) is 8.96. The first kappa shape index (κ1) is 21.2. The molecule has 150 valence electrons. The maximum Gasteiger partial charge on any atom is 0.333 e. The van der Waals surface area contributed by atoms with Gasteiger partial charge in [0, 0.05) is 22.6 Å². The average Bonchev–Trinajstić information content (AvgIpc) is 2.64. The van der Waals surface area contributed by atoms with Crippen molar-refractivity contribution in [3.05, 3.63) is 53.1 Å². The fourth-order valence-corrected chi connectivity index (χ4v) is 2.36. The molecule has 3 aromatic rings. The zero-order valence-corrected chi connectivity index (χ0v) is 16.6. The summed E-state index contributed by atoms with van der Waals surface area (Å²) >= 11 is 5.68. The topological polar surface area (TPSA) is 113 Å². The number of aromatic amines is 2. The molecular formula is C20H24ClN3O4. The third-order valence-corrected chi connectivity index (χ3v) is 4.09. The molecule has 8 heteroatoms. The average molecular weight is 406 g/mol. The van der Waals surface area contributed by atoms with Crippen LogP contribution in [0.2, 0.25) is 5.02 Å². The van der Waals surface area contributed by atoms with Crippen LogP contribution >= 0.6 is 11.6 Å². The van der Waals surface area contributed by atoms with E-state index in [0.717, 1.165) is 16.1 Å². The summed E-state index contributed by atoms with van der Waals surface area (Å²) in [5.74, 6) is 0.199. The fourth-order valence-electron chi connectivity index (χ4n) is 2.19. The van der Waals surface area contributed by atoms with Gasteiger partial charge in [-0.1, -0.05) is 18.2 Å². The molecule has 0 saturated carbocycles. The molecular weight excluding hydrogens is 382 g/mol. The molecule has 28 heavy (non-hydrogen) atoms. The van der Waals surface area contributed by atoms with Crippen LogP contribution in [0.4, 0.5) is 5.69 Å². The smallest absolute Gasteiger partial charge is 0.333 e. The van der Waals surface area contributed by atoms with Crippen LogP contribution in [0.5, 0.6) is 11.5 Å². The maximum atomic E-state index is 11.1. The number of halogens is 1. The number of H-pyrrole nitrogens is 2. The summed E-state index contributed by atoms with van der Waals surface area (Å²) in [6.07, 6.45) is 0.559. The van der Waals surface area contributed by atoms with Crippen molar-refractivity contribution in [3.63, 3.8) is 0 Å². The number of nitrogens with two attached hydrogens (primary N) is 1. The number of nitrogens with one attached hydrogen (secondary N) is 2. The predicted octanol–water partition coefficient (Wildman–Crippen LogP) is 4.32. The van der Waals surface area contributed by atoms with Crippen LogP contribution in [0.3, 0.4) is 0 Å². The Bertz CT molecular complexity index is 962. The molecule has 0 aliphatic rings. The van der Waals surface area contributed by atoms with Crippen molar-refractivity contribution in [3.8, 4) is 11.5 Å². The lowest BCUT2D eigenvalue weighted by molar-refractivity contribution is -0.139. The predicted molar refractivity (Wildman–Crippen MR) is 111 cm³/mol. The van der Waals surface area contributed by atoms with Crippen LogP contribution in [0.25, 0.3) is 11.0 Å². The SMILES string of the molecule is C=C(C)C(=O)OCCCOc1ccc(N)c(O)c1C.Clc1ccc2[nH][nH]c2c1. The van der Waals surface area contributed by atoms with Gasteiger partial charge in [0.2, 0.25) is 0 Å². The second kappa shape index (κ2) is 9.75. The normalized spacial score (nSPS) is 10.2. The Balaban J connectivity index is 0.000000255. The molecule has 0 bridgehead atoms. The van der Waals surface area contributed by atoms with Crippen molar-refractivity contribution < 1.29 is 19.4 Å². The van der Waals surface area contributed by atoms with Gasteiger partial charge in [0.1, 0.15) is 11.5 Å². The summed E-state index contributed by atoms with van der Waals surface area (Å²) < 4.78 is 10.4. The number of hydrogen-bond donors (Lipinski definition) is 4. The minimum Gasteiger partial charge on any atom is -0.505 e. The molecule has 0 unspecified atom stereocenters. The first-order valence-corrected chi connectivity index (χ1v) is 9.02. The first-order valence-electron chi connectivity index (χ1n) is 8.64. The third kappa shape index (κ3) is 5.72. The van der Waals surface area contributed by atoms with E-state index in [9.17, 15) is 9.90 Å². The van der Waals surface area contributed by atoms with Gasteiger partial charge in [-0.2, -0.15) is 0 Å². The third-order valence-electron chi connectivity index (χ3n) is 3.85. The number of hydrogen-bond acceptors (Lipinski definition) is 5. The Morgan fingerprint density at radius 1 is 1.21 bits per heavy atom. The van der Waals surface area contributed by atoms with E-state index in [-0.39, 0.29) is 12.4 Å². The molecule has 0 radical (unpaired) electrons. The van der Waals surface area contributed by atoms with Crippen molar-refractivity contribution in [1.82, 2.24) is 10.2 Å². The van der Waals surface area contributed by atoms with Crippen molar-refractivity contribution in [1.29, 1.82) is 0 Å². The second-order valence-electron chi connectivity index (χ2n) is 6.18. The Hall–Kier alpha value is -3.06. The van der Waals surface area contributed by atoms with E-state index in [1.165, 1.54) is 0 Å². The Morgan fingerprint density at radius 3 is 2.50 bits per heavy atom. The zero-order valence-electron chi connectivity index (χ0n) is 15.8. The summed E-state index contributed by atoms with van der Waals surface area (Å²) in [5.41, 5.74) is 9.03. The molecule has 7 nitrogen and oxygen atoms in total. The van der Waals surface area contributed by atoms with Gasteiger partial charge in [0.25, 0.3) is 0 Å². The molecule has 2 aromatic carbocycles. The van der Waals surface area contributed by atoms with Crippen molar-refractivity contribution in [2.75, 3.05) is 18.9 Å². The van der Waals surface area contributed by atoms with Crippen LogP contribution in [-0.4, -0.2) is 34.5 Å². The molecule has 0 spiro atoms. The van der Waals surface area contributed by atoms with E-state index < -0.39 is 5.97 Å². The van der Waals surface area contributed by atoms with Gasteiger partial charge in [-0.25, -0.2) is 4.79 Å². The van der Waals surface area contributed by atoms with Crippen LogP contribution in [0, 0.1) is 6.92 Å². The number of phenols is 1. The highest BCUT2D eigenvalue weighted by Gasteiger charge is 2.08. The highest BCUT2D eigenvalue weighted by Crippen LogP contribution is 2.31. The number of benzene rings is 2. The van der Waals surface area contributed by atoms with Gasteiger partial charge < -0.3 is 20.3 Å². The number of aromatic hydroxyl groups is 1. The van der Waals surface area contributed by atoms with Crippen LogP contribution < -0.4 is 10.5 Å². The van der Waals surface area contributed by atoms with E-state index in [4.69, 9.17) is 26.8 Å². The van der Waals surface area contributed by atoms with Gasteiger partial charge in [-0.3, -0.25) is 10.2 Å². The highest BCUT2D eigenvalue weighted by atomic mass is 35.5. The summed E-state index contributed by atoms with van der Waals surface area (Å²) in [7, 11) is 0. The van der Waals surface area contributed by atoms with Crippen molar-refractivity contribution in [2.24, 2.45) is 0 Å². The molecule has 1 heterocycles. The molecule has 0 aliphatic carbocycles. The minimum atomic E-state index is -0.402. The molecule has 0 amide bonds. The van der Waals surface area contributed by atoms with E-state index in [1.54, 1.807) is 26.0 Å². The Kier molecular flexibility index (Phi) is 7.40. The largest absolute Gasteiger partial charge is 0.505 e. The minimum absolute atomic E-state index is 0.0335. The van der Waals surface area contributed by atoms with E-state index in [1.807, 2.05) is 18.2 Å². The summed E-state index contributed by atoms with van der Waals surface area (Å²) in [5, 5.41) is 16.2. The number of carbonyl (C=O) groups excluding carboxylic acids is 1. The van der Waals surface area contributed by atoms with Crippen molar-refractivity contribution >= 4 is 34.3 Å². The number of carbonyl (C=O) groups is 1. The lowest BCUT2D eigenvalue weighted by Crippen LogP contribution is -2.09. The second-order valence-corrected chi connectivity index (χ2v) is 6.62. The van der Waals surface area contributed by atoms with Crippen LogP contribution in [0.15, 0.2) is 42.5 Å². The Labute approximate surface area is 168 Å². The molecule has 5 N–H and O–H groups in total. The monoisotopic (exact) mass is 405 g/mol. The number of aromatic nitrogens is 2. The molecule has 0 atom stereocenters. The summed E-state index contributed by atoms with van der Waals surface area (Å²) in [4.78, 5) is 11.1. The van der Waals surface area contributed by atoms with E-state index in [2.05, 4.69) is 16.8 Å². The fraction of sp³-hybridized carbons (Fsp3) is 0.250.